The summed E-state index contributed by atoms with van der Waals surface area (Å²) >= 11 is 24.1. The first-order valence-electron chi connectivity index (χ1n) is 32.6. The Labute approximate surface area is 606 Å². The Bertz CT molecular complexity index is 4270. The molecule has 0 radical (unpaired) electrons. The molecule has 0 aromatic carbocycles. The number of ether oxygens (including phenoxy) is 2. The van der Waals surface area contributed by atoms with E-state index in [9.17, 15) is 24.0 Å². The van der Waals surface area contributed by atoms with Crippen LogP contribution < -0.4 is 37.5 Å². The fourth-order valence-electron chi connectivity index (χ4n) is 12.7. The lowest BCUT2D eigenvalue weighted by molar-refractivity contribution is 0.0230. The maximum Gasteiger partial charge on any atom is 0.410 e. The normalized spacial score (nSPS) is 16.2. The van der Waals surface area contributed by atoms with Crippen LogP contribution in [0.2, 0.25) is 10.6 Å². The van der Waals surface area contributed by atoms with Gasteiger partial charge in [0.15, 0.2) is 0 Å². The highest BCUT2D eigenvalue weighted by Gasteiger charge is 2.30. The number of amides is 2. The highest BCUT2D eigenvalue weighted by molar-refractivity contribution is 9.93. The van der Waals surface area contributed by atoms with Crippen LogP contribution in [0.4, 0.5) is 38.5 Å². The number of hydrogen-bond donors (Lipinski definition) is 2. The molecule has 0 bridgehead atoms. The standard InChI is InChI=1S/C27H34BrN7O3.C14H22N4O2.C13H13BrClN3O.C13H14ClN3O.Br2/c1-17-20-16-30-25(32-23(20)35(24(36)22(17)28)18-7-5-6-8-18)31-21-10-9-19(15-29-21)33-11-13-34(14-12-33)26(37)38-27(2,3)4;1-14(2,3)20-13(19)18-8-6-17(7-9-18)11-4-5-12(15)16-10-11;1-7-9-6-16-13(15)17-11(9)18(12(19)10(7)14)8-4-2-3-5-8;1-8-6-11(18)17(9-4-2-3-5-9)12-10(8)7-15-13(14)16-12;1-2/h9-10,15-16,18H,5-8,11-14H2,1-4H3,(H,29,30,31,32);4-5,10H,6-9H2,1-3H3,(H2,15,16);6,8H,2-5H2,1H3;6-7,9H,2-5H2,1H3;. The summed E-state index contributed by atoms with van der Waals surface area (Å²) in [6.07, 6.45) is 21.2. The molecule has 2 saturated heterocycles. The van der Waals surface area contributed by atoms with E-state index in [2.05, 4.69) is 110 Å². The van der Waals surface area contributed by atoms with E-state index < -0.39 is 11.2 Å². The van der Waals surface area contributed by atoms with Gasteiger partial charge in [0.05, 0.1) is 32.7 Å². The first-order valence-corrected chi connectivity index (χ1v) is 38.7. The zero-order valence-corrected chi connectivity index (χ0v) is 63.9. The number of piperazine rings is 2. The highest BCUT2D eigenvalue weighted by Crippen LogP contribution is 2.36. The van der Waals surface area contributed by atoms with Crippen LogP contribution in [-0.4, -0.2) is 139 Å². The average Bonchev–Trinajstić information content (AvgIpc) is 1.72. The molecule has 97 heavy (non-hydrogen) atoms. The van der Waals surface area contributed by atoms with Crippen molar-refractivity contribution < 1.29 is 19.1 Å². The minimum Gasteiger partial charge on any atom is -0.444 e. The molecule has 0 atom stereocenters. The van der Waals surface area contributed by atoms with Crippen molar-refractivity contribution in [3.05, 3.63) is 129 Å². The number of nitrogens with two attached hydrogens (primary N) is 1. The maximum absolute atomic E-state index is 13.2. The summed E-state index contributed by atoms with van der Waals surface area (Å²) in [5.41, 5.74) is 11.2. The lowest BCUT2D eigenvalue weighted by atomic mass is 10.1. The van der Waals surface area contributed by atoms with E-state index in [4.69, 9.17) is 43.4 Å². The van der Waals surface area contributed by atoms with Crippen molar-refractivity contribution >= 4 is 158 Å². The Kier molecular flexibility index (Phi) is 25.4. The molecule has 30 heteroatoms. The Morgan fingerprint density at radius 1 is 0.526 bits per heavy atom. The topological polar surface area (TPSA) is 273 Å². The number of nitrogen functional groups attached to an aromatic ring is 1. The molecule has 8 aromatic rings. The van der Waals surface area contributed by atoms with Gasteiger partial charge in [0.25, 0.3) is 16.7 Å². The van der Waals surface area contributed by atoms with E-state index >= 15 is 0 Å². The number of hydrogen-bond acceptors (Lipinski definition) is 19. The van der Waals surface area contributed by atoms with Crippen molar-refractivity contribution in [2.75, 3.05) is 73.2 Å². The highest BCUT2D eigenvalue weighted by atomic mass is 80.9. The SMILES string of the molecule is BrBr.CC(C)(C)OC(=O)N1CCN(c2ccc(N)nc2)CC1.Cc1c(Br)c(=O)n(C2CCCC2)c2nc(Cl)ncc12.Cc1c(Br)c(=O)n(C2CCCC2)c2nc(Nc3ccc(N4CCN(C(=O)OC(C)(C)C)CC4)cn3)ncc12.Cc1cc(=O)n(C2CCCC2)c2nc(Cl)ncc12. The second kappa shape index (κ2) is 33.1. The zero-order valence-electron chi connectivity index (χ0n) is 56.1. The van der Waals surface area contributed by atoms with E-state index in [1.807, 2.05) is 91.3 Å². The van der Waals surface area contributed by atoms with E-state index in [1.165, 1.54) is 12.8 Å². The molecule has 24 nitrogen and oxygen atoms in total. The predicted octanol–water partition coefficient (Wildman–Crippen LogP) is 15.1. The summed E-state index contributed by atoms with van der Waals surface area (Å²) in [5, 5.41) is 6.22. The smallest absolute Gasteiger partial charge is 0.410 e. The van der Waals surface area contributed by atoms with Crippen molar-refractivity contribution in [1.29, 1.82) is 0 Å². The molecule has 3 N–H and O–H groups in total. The van der Waals surface area contributed by atoms with E-state index in [-0.39, 0.29) is 57.6 Å². The number of aryl methyl sites for hydroxylation is 3. The van der Waals surface area contributed by atoms with E-state index in [0.29, 0.717) is 82.7 Å². The molecule has 3 aliphatic carbocycles. The summed E-state index contributed by atoms with van der Waals surface area (Å²) in [6.45, 7) is 22.4. The fraction of sp³-hybridized carbons (Fsp3) is 0.507. The number of rotatable bonds is 7. The van der Waals surface area contributed by atoms with Crippen LogP contribution in [0.25, 0.3) is 33.1 Å². The van der Waals surface area contributed by atoms with Crippen LogP contribution >= 0.6 is 83.3 Å². The van der Waals surface area contributed by atoms with Crippen molar-refractivity contribution in [2.45, 2.75) is 169 Å². The fourth-order valence-corrected chi connectivity index (χ4v) is 13.8. The van der Waals surface area contributed by atoms with Gasteiger partial charge >= 0.3 is 12.2 Å². The minimum absolute atomic E-state index is 0.0154. The molecule has 5 fully saturated rings. The molecule has 2 amide bonds. The third-order valence-electron chi connectivity index (χ3n) is 17.6. The molecule has 0 spiro atoms. The molecule has 5 aliphatic rings. The Morgan fingerprint density at radius 3 is 1.33 bits per heavy atom. The van der Waals surface area contributed by atoms with Gasteiger partial charge in [-0.05, 0) is 197 Å². The molecule has 13 rings (SSSR count). The van der Waals surface area contributed by atoms with Gasteiger partial charge in [-0.15, -0.1) is 0 Å². The summed E-state index contributed by atoms with van der Waals surface area (Å²) in [6, 6.07) is 9.91. The largest absolute Gasteiger partial charge is 0.444 e. The Morgan fingerprint density at radius 2 is 0.918 bits per heavy atom. The van der Waals surface area contributed by atoms with Crippen LogP contribution in [0.3, 0.4) is 0 Å². The van der Waals surface area contributed by atoms with Gasteiger partial charge in [0.2, 0.25) is 16.5 Å². The predicted molar refractivity (Wildman–Crippen MR) is 398 cm³/mol. The van der Waals surface area contributed by atoms with Crippen LogP contribution in [0.5, 0.6) is 0 Å². The minimum atomic E-state index is -0.501. The van der Waals surface area contributed by atoms with Gasteiger partial charge in [0.1, 0.15) is 39.8 Å². The molecular formula is C67H83Br4Cl2N17O7. The summed E-state index contributed by atoms with van der Waals surface area (Å²) in [7, 11) is 0. The summed E-state index contributed by atoms with van der Waals surface area (Å²) in [4.78, 5) is 105. The number of carbonyl (C=O) groups is 2. The van der Waals surface area contributed by atoms with Crippen LogP contribution in [-0.2, 0) is 9.47 Å². The lowest BCUT2D eigenvalue weighted by Crippen LogP contribution is -2.50. The van der Waals surface area contributed by atoms with Crippen molar-refractivity contribution in [1.82, 2.24) is 63.4 Å². The first-order chi connectivity index (χ1) is 46.2. The number of nitrogens with one attached hydrogen (secondary N) is 1. The van der Waals surface area contributed by atoms with Gasteiger partial charge < -0.3 is 40.1 Å². The number of nitrogens with zero attached hydrogens (tertiary/aromatic N) is 15. The molecule has 0 unspecified atom stereocenters. The summed E-state index contributed by atoms with van der Waals surface area (Å²) in [5.74, 6) is 1.53. The number of anilines is 5. The molecule has 10 heterocycles. The first kappa shape index (κ1) is 74.6. The maximum atomic E-state index is 13.2. The zero-order chi connectivity index (χ0) is 70.0. The molecule has 2 aliphatic heterocycles. The van der Waals surface area contributed by atoms with Crippen molar-refractivity contribution in [3.8, 4) is 0 Å². The number of fused-ring (bicyclic) bond motifs is 3. The van der Waals surface area contributed by atoms with Gasteiger partial charge in [-0.2, -0.15) is 15.0 Å². The van der Waals surface area contributed by atoms with E-state index in [1.54, 1.807) is 55.9 Å². The van der Waals surface area contributed by atoms with Crippen molar-refractivity contribution in [3.63, 3.8) is 0 Å². The second-order valence-electron chi connectivity index (χ2n) is 26.6. The lowest BCUT2D eigenvalue weighted by Gasteiger charge is -2.36. The average molecular weight is 1630 g/mol. The summed E-state index contributed by atoms with van der Waals surface area (Å²) < 4.78 is 17.4. The molecular weight excluding hydrogens is 1550 g/mol. The van der Waals surface area contributed by atoms with Gasteiger partial charge in [0, 0.05) is 140 Å². The van der Waals surface area contributed by atoms with Gasteiger partial charge in [-0.1, -0.05) is 38.5 Å². The van der Waals surface area contributed by atoms with E-state index in [0.717, 1.165) is 122 Å². The van der Waals surface area contributed by atoms with Gasteiger partial charge in [-0.25, -0.2) is 34.5 Å². The number of pyridine rings is 5. The second-order valence-corrected chi connectivity index (χ2v) is 28.9. The van der Waals surface area contributed by atoms with Crippen LogP contribution in [0, 0.1) is 20.8 Å². The monoisotopic (exact) mass is 1620 g/mol. The number of halogens is 6. The number of aromatic nitrogens is 11. The number of carbonyl (C=O) groups excluding carboxylic acids is 2. The Balaban J connectivity index is 0.000000159. The molecule has 520 valence electrons. The molecule has 8 aromatic heterocycles. The van der Waals surface area contributed by atoms with Crippen molar-refractivity contribution in [2.24, 2.45) is 0 Å². The molecule has 3 saturated carbocycles. The third-order valence-corrected chi connectivity index (χ3v) is 19.9. The van der Waals surface area contributed by atoms with Crippen LogP contribution in [0.15, 0.2) is 84.6 Å². The van der Waals surface area contributed by atoms with Crippen LogP contribution in [0.1, 0.15) is 153 Å². The quantitative estimate of drug-likeness (QED) is 0.140. The third kappa shape index (κ3) is 18.6. The Hall–Kier alpha value is -6.59. The van der Waals surface area contributed by atoms with Gasteiger partial charge in [-0.3, -0.25) is 28.1 Å².